The fourth-order valence-corrected chi connectivity index (χ4v) is 3.25. The molecule has 0 aromatic rings. The Bertz CT molecular complexity index is 333. The molecule has 0 aliphatic rings. The number of hydrogen-bond donors (Lipinski definition) is 1. The largest absolute Gasteiger partial charge is 0.355 e. The predicted molar refractivity (Wildman–Crippen MR) is 74.3 cm³/mol. The Morgan fingerprint density at radius 1 is 1.28 bits per heavy atom. The van der Waals surface area contributed by atoms with Gasteiger partial charge in [-0.05, 0) is 19.3 Å². The minimum absolute atomic E-state index is 0.00242. The molecular formula is C11H23ClN2O3S. The molecule has 0 radical (unpaired) electrons. The van der Waals surface area contributed by atoms with E-state index >= 15 is 0 Å². The summed E-state index contributed by atoms with van der Waals surface area (Å²) < 4.78 is 25.2. The van der Waals surface area contributed by atoms with Crippen LogP contribution in [0, 0.1) is 0 Å². The number of halogens is 1. The van der Waals surface area contributed by atoms with Crippen LogP contribution in [0.25, 0.3) is 0 Å². The molecular weight excluding hydrogens is 276 g/mol. The molecule has 0 spiro atoms. The number of amides is 1. The van der Waals surface area contributed by atoms with Crippen molar-refractivity contribution in [3.05, 3.63) is 0 Å². The van der Waals surface area contributed by atoms with Gasteiger partial charge in [0.2, 0.25) is 15.9 Å². The molecule has 7 heteroatoms. The molecule has 0 aliphatic heterocycles. The second kappa shape index (κ2) is 9.58. The van der Waals surface area contributed by atoms with Gasteiger partial charge < -0.3 is 5.32 Å². The number of carbonyl (C=O) groups excluding carboxylic acids is 1. The number of rotatable bonds is 10. The van der Waals surface area contributed by atoms with E-state index in [2.05, 4.69) is 5.32 Å². The van der Waals surface area contributed by atoms with Gasteiger partial charge in [0.1, 0.15) is 0 Å². The van der Waals surface area contributed by atoms with Crippen LogP contribution >= 0.6 is 11.6 Å². The summed E-state index contributed by atoms with van der Waals surface area (Å²) in [5.74, 6) is 0.0541. The summed E-state index contributed by atoms with van der Waals surface area (Å²) in [6.45, 7) is 4.67. The van der Waals surface area contributed by atoms with E-state index < -0.39 is 10.0 Å². The smallest absolute Gasteiger partial charge is 0.235 e. The normalized spacial score (nSPS) is 11.8. The molecule has 0 aliphatic carbocycles. The highest BCUT2D eigenvalue weighted by atomic mass is 35.5. The molecule has 1 amide bonds. The van der Waals surface area contributed by atoms with E-state index in [1.807, 2.05) is 13.8 Å². The Hall–Kier alpha value is -0.330. The average Bonchev–Trinajstić information content (AvgIpc) is 2.33. The van der Waals surface area contributed by atoms with Crippen LogP contribution in [-0.4, -0.2) is 49.9 Å². The van der Waals surface area contributed by atoms with E-state index in [1.54, 1.807) is 0 Å². The topological polar surface area (TPSA) is 66.5 Å². The third kappa shape index (κ3) is 7.18. The molecule has 108 valence electrons. The number of sulfonamides is 1. The Morgan fingerprint density at radius 3 is 2.44 bits per heavy atom. The predicted octanol–water partition coefficient (Wildman–Crippen LogP) is 1.18. The third-order valence-electron chi connectivity index (χ3n) is 2.29. The van der Waals surface area contributed by atoms with Crippen molar-refractivity contribution in [2.24, 2.45) is 0 Å². The summed E-state index contributed by atoms with van der Waals surface area (Å²) in [7, 11) is -3.38. The lowest BCUT2D eigenvalue weighted by Gasteiger charge is -2.20. The quantitative estimate of drug-likeness (QED) is 0.616. The van der Waals surface area contributed by atoms with Crippen molar-refractivity contribution in [1.29, 1.82) is 0 Å². The van der Waals surface area contributed by atoms with Crippen molar-refractivity contribution in [2.75, 3.05) is 31.3 Å². The fourth-order valence-electron chi connectivity index (χ4n) is 1.41. The summed E-state index contributed by atoms with van der Waals surface area (Å²) in [5, 5.41) is 2.68. The van der Waals surface area contributed by atoms with Crippen molar-refractivity contribution >= 4 is 27.5 Å². The van der Waals surface area contributed by atoms with Gasteiger partial charge >= 0.3 is 0 Å². The molecule has 0 bridgehead atoms. The SMILES string of the molecule is CCCNC(=O)CN(CCC)S(=O)(=O)CCCCl. The molecule has 0 saturated heterocycles. The summed E-state index contributed by atoms with van der Waals surface area (Å²) in [4.78, 5) is 11.6. The van der Waals surface area contributed by atoms with Crippen molar-refractivity contribution in [3.8, 4) is 0 Å². The molecule has 0 aromatic heterocycles. The molecule has 0 fully saturated rings. The maximum atomic E-state index is 12.0. The monoisotopic (exact) mass is 298 g/mol. The van der Waals surface area contributed by atoms with E-state index in [9.17, 15) is 13.2 Å². The second-order valence-electron chi connectivity index (χ2n) is 4.04. The number of carbonyl (C=O) groups is 1. The Balaban J connectivity index is 4.49. The first kappa shape index (κ1) is 17.7. The highest BCUT2D eigenvalue weighted by Gasteiger charge is 2.22. The van der Waals surface area contributed by atoms with Gasteiger partial charge in [-0.25, -0.2) is 8.42 Å². The van der Waals surface area contributed by atoms with Crippen LogP contribution in [0.4, 0.5) is 0 Å². The van der Waals surface area contributed by atoms with E-state index in [4.69, 9.17) is 11.6 Å². The Kier molecular flexibility index (Phi) is 9.40. The Labute approximate surface area is 115 Å². The molecule has 0 atom stereocenters. The first-order valence-corrected chi connectivity index (χ1v) is 8.42. The minimum Gasteiger partial charge on any atom is -0.355 e. The van der Waals surface area contributed by atoms with Crippen molar-refractivity contribution < 1.29 is 13.2 Å². The van der Waals surface area contributed by atoms with Crippen molar-refractivity contribution in [1.82, 2.24) is 9.62 Å². The lowest BCUT2D eigenvalue weighted by atomic mass is 10.4. The summed E-state index contributed by atoms with van der Waals surface area (Å²) in [6.07, 6.45) is 1.92. The molecule has 0 heterocycles. The van der Waals surface area contributed by atoms with Crippen LogP contribution in [0.15, 0.2) is 0 Å². The molecule has 0 unspecified atom stereocenters. The third-order valence-corrected chi connectivity index (χ3v) is 4.46. The first-order chi connectivity index (χ1) is 8.47. The van der Waals surface area contributed by atoms with E-state index in [-0.39, 0.29) is 18.2 Å². The highest BCUT2D eigenvalue weighted by Crippen LogP contribution is 2.05. The fraction of sp³-hybridized carbons (Fsp3) is 0.909. The lowest BCUT2D eigenvalue weighted by Crippen LogP contribution is -2.42. The standard InChI is InChI=1S/C11H23ClN2O3S/c1-3-7-13-11(15)10-14(8-4-2)18(16,17)9-5-6-12/h3-10H2,1-2H3,(H,13,15). The van der Waals surface area contributed by atoms with Crippen LogP contribution in [0.3, 0.4) is 0 Å². The average molecular weight is 299 g/mol. The number of hydrogen-bond acceptors (Lipinski definition) is 3. The van der Waals surface area contributed by atoms with Crippen LogP contribution < -0.4 is 5.32 Å². The van der Waals surface area contributed by atoms with Gasteiger partial charge in [-0.3, -0.25) is 4.79 Å². The first-order valence-electron chi connectivity index (χ1n) is 6.28. The number of nitrogens with one attached hydrogen (secondary N) is 1. The second-order valence-corrected chi connectivity index (χ2v) is 6.51. The molecule has 0 rings (SSSR count). The minimum atomic E-state index is -3.38. The molecule has 1 N–H and O–H groups in total. The maximum Gasteiger partial charge on any atom is 0.235 e. The zero-order chi connectivity index (χ0) is 14.0. The number of nitrogens with zero attached hydrogens (tertiary/aromatic N) is 1. The molecule has 5 nitrogen and oxygen atoms in total. The molecule has 0 aromatic carbocycles. The van der Waals surface area contributed by atoms with Crippen LogP contribution in [0.1, 0.15) is 33.1 Å². The zero-order valence-corrected chi connectivity index (χ0v) is 12.7. The van der Waals surface area contributed by atoms with Gasteiger partial charge in [0, 0.05) is 19.0 Å². The highest BCUT2D eigenvalue weighted by molar-refractivity contribution is 7.89. The summed E-state index contributed by atoms with van der Waals surface area (Å²) in [6, 6.07) is 0. The number of alkyl halides is 1. The van der Waals surface area contributed by atoms with E-state index in [0.29, 0.717) is 31.8 Å². The van der Waals surface area contributed by atoms with Crippen LogP contribution in [-0.2, 0) is 14.8 Å². The van der Waals surface area contributed by atoms with Gasteiger partial charge in [-0.2, -0.15) is 4.31 Å². The van der Waals surface area contributed by atoms with Crippen molar-refractivity contribution in [2.45, 2.75) is 33.1 Å². The van der Waals surface area contributed by atoms with Crippen LogP contribution in [0.5, 0.6) is 0 Å². The van der Waals surface area contributed by atoms with Crippen molar-refractivity contribution in [3.63, 3.8) is 0 Å². The van der Waals surface area contributed by atoms with E-state index in [0.717, 1.165) is 6.42 Å². The molecule has 0 saturated carbocycles. The van der Waals surface area contributed by atoms with Gasteiger partial charge in [0.25, 0.3) is 0 Å². The Morgan fingerprint density at radius 2 is 1.94 bits per heavy atom. The van der Waals surface area contributed by atoms with Gasteiger partial charge in [-0.1, -0.05) is 13.8 Å². The maximum absolute atomic E-state index is 12.0. The molecule has 18 heavy (non-hydrogen) atoms. The van der Waals surface area contributed by atoms with Gasteiger partial charge in [0.05, 0.1) is 12.3 Å². The summed E-state index contributed by atoms with van der Waals surface area (Å²) >= 11 is 5.50. The zero-order valence-electron chi connectivity index (χ0n) is 11.1. The van der Waals surface area contributed by atoms with Crippen LogP contribution in [0.2, 0.25) is 0 Å². The van der Waals surface area contributed by atoms with Gasteiger partial charge in [0.15, 0.2) is 0 Å². The van der Waals surface area contributed by atoms with Gasteiger partial charge in [-0.15, -0.1) is 11.6 Å². The lowest BCUT2D eigenvalue weighted by molar-refractivity contribution is -0.121. The van der Waals surface area contributed by atoms with E-state index in [1.165, 1.54) is 4.31 Å². The summed E-state index contributed by atoms with van der Waals surface area (Å²) in [5.41, 5.74) is 0.